The van der Waals surface area contributed by atoms with E-state index >= 15 is 0 Å². The Balaban J connectivity index is 1.41. The number of amides is 2. The average Bonchev–Trinajstić information content (AvgIpc) is 3.45. The number of carbonyl (C=O) groups excluding carboxylic acids is 2. The second kappa shape index (κ2) is 5.43. The number of imide groups is 1. The van der Waals surface area contributed by atoms with E-state index in [2.05, 4.69) is 17.3 Å². The highest BCUT2D eigenvalue weighted by molar-refractivity contribution is 6.06. The molecule has 6 rings (SSSR count). The topological polar surface area (TPSA) is 68.2 Å². The Hall–Kier alpha value is -2.63. The van der Waals surface area contributed by atoms with Crippen LogP contribution < -0.4 is 9.47 Å². The fraction of sp³-hybridized carbons (Fsp3) is 0.450. The van der Waals surface area contributed by atoms with Crippen LogP contribution in [0.1, 0.15) is 12.0 Å². The number of carbonyl (C=O) groups is 2. The molecule has 1 heterocycles. The minimum absolute atomic E-state index is 0.151. The van der Waals surface area contributed by atoms with Crippen LogP contribution in [0.2, 0.25) is 0 Å². The summed E-state index contributed by atoms with van der Waals surface area (Å²) in [5, 5.41) is 5.32. The molecule has 0 unspecified atom stereocenters. The molecular formula is C20H20N2O4. The van der Waals surface area contributed by atoms with E-state index < -0.39 is 0 Å². The van der Waals surface area contributed by atoms with Gasteiger partial charge in [0.2, 0.25) is 0 Å². The van der Waals surface area contributed by atoms with Crippen LogP contribution in [0.3, 0.4) is 0 Å². The molecule has 1 aliphatic heterocycles. The van der Waals surface area contributed by atoms with Gasteiger partial charge in [0.05, 0.1) is 32.3 Å². The van der Waals surface area contributed by atoms with Gasteiger partial charge in [-0.1, -0.05) is 12.2 Å². The molecule has 6 heteroatoms. The van der Waals surface area contributed by atoms with Crippen molar-refractivity contribution >= 4 is 18.0 Å². The summed E-state index contributed by atoms with van der Waals surface area (Å²) in [6.07, 6.45) is 7.01. The minimum atomic E-state index is -0.219. The van der Waals surface area contributed by atoms with E-state index in [0.717, 1.165) is 17.0 Å². The molecule has 0 aromatic heterocycles. The Bertz CT molecular complexity index is 825. The van der Waals surface area contributed by atoms with Crippen molar-refractivity contribution in [2.24, 2.45) is 40.6 Å². The molecule has 4 aliphatic carbocycles. The lowest BCUT2D eigenvalue weighted by molar-refractivity contribution is -0.140. The van der Waals surface area contributed by atoms with Crippen LogP contribution in [-0.4, -0.2) is 37.3 Å². The minimum Gasteiger partial charge on any atom is -0.493 e. The number of rotatable bonds is 4. The van der Waals surface area contributed by atoms with Gasteiger partial charge in [0.15, 0.2) is 11.5 Å². The van der Waals surface area contributed by atoms with Crippen LogP contribution in [0.25, 0.3) is 0 Å². The summed E-state index contributed by atoms with van der Waals surface area (Å²) in [6.45, 7) is 0. The van der Waals surface area contributed by atoms with Crippen molar-refractivity contribution in [1.29, 1.82) is 0 Å². The van der Waals surface area contributed by atoms with Gasteiger partial charge < -0.3 is 9.47 Å². The molecule has 0 radical (unpaired) electrons. The Kier molecular flexibility index (Phi) is 3.26. The van der Waals surface area contributed by atoms with Gasteiger partial charge >= 0.3 is 0 Å². The Morgan fingerprint density at radius 1 is 1.00 bits per heavy atom. The maximum absolute atomic E-state index is 12.9. The number of benzene rings is 1. The lowest BCUT2D eigenvalue weighted by Crippen LogP contribution is -2.40. The van der Waals surface area contributed by atoms with E-state index in [1.54, 1.807) is 26.4 Å². The number of hydrogen-bond acceptors (Lipinski definition) is 5. The molecule has 1 saturated heterocycles. The molecule has 2 saturated carbocycles. The first kappa shape index (κ1) is 15.6. The normalized spacial score (nSPS) is 36.5. The number of nitrogens with zero attached hydrogens (tertiary/aromatic N) is 2. The number of hydrazone groups is 1. The van der Waals surface area contributed by atoms with Gasteiger partial charge in [0.1, 0.15) is 0 Å². The zero-order valence-corrected chi connectivity index (χ0v) is 14.7. The van der Waals surface area contributed by atoms with E-state index in [1.165, 1.54) is 6.21 Å². The Morgan fingerprint density at radius 3 is 2.19 bits per heavy atom. The third kappa shape index (κ3) is 2.01. The van der Waals surface area contributed by atoms with Crippen molar-refractivity contribution in [2.45, 2.75) is 6.42 Å². The summed E-state index contributed by atoms with van der Waals surface area (Å²) < 4.78 is 10.5. The number of hydrogen-bond donors (Lipinski definition) is 0. The highest BCUT2D eigenvalue weighted by Crippen LogP contribution is 2.65. The molecule has 2 bridgehead atoms. The molecule has 6 atom stereocenters. The number of methoxy groups -OCH3 is 2. The van der Waals surface area contributed by atoms with Gasteiger partial charge in [-0.2, -0.15) is 10.1 Å². The standard InChI is InChI=1S/C20H20N2O4/c1-25-15-6-3-10(7-16(15)26-2)9-21-22-19(23)17-11-4-5-12(14-8-13(11)14)18(17)20(22)24/h3-7,9,11-14,17-18H,8H2,1-2H3/b21-9-/t11-,12-,13-,14+,17-,18+/m0/s1. The summed E-state index contributed by atoms with van der Waals surface area (Å²) >= 11 is 0. The van der Waals surface area contributed by atoms with Crippen molar-refractivity contribution < 1.29 is 19.1 Å². The van der Waals surface area contributed by atoms with Crippen molar-refractivity contribution in [3.05, 3.63) is 35.9 Å². The maximum atomic E-state index is 12.9. The van der Waals surface area contributed by atoms with Gasteiger partial charge in [-0.05, 0) is 53.9 Å². The summed E-state index contributed by atoms with van der Waals surface area (Å²) in [5.74, 6) is 2.07. The third-order valence-electron chi connectivity index (χ3n) is 6.37. The van der Waals surface area contributed by atoms with E-state index in [4.69, 9.17) is 9.47 Å². The second-order valence-corrected chi connectivity index (χ2v) is 7.50. The van der Waals surface area contributed by atoms with Gasteiger partial charge in [-0.25, -0.2) is 0 Å². The van der Waals surface area contributed by atoms with Crippen LogP contribution >= 0.6 is 0 Å². The zero-order chi connectivity index (χ0) is 18.0. The maximum Gasteiger partial charge on any atom is 0.254 e. The van der Waals surface area contributed by atoms with Crippen molar-refractivity contribution in [2.75, 3.05) is 14.2 Å². The molecule has 6 nitrogen and oxygen atoms in total. The SMILES string of the molecule is COc1ccc(/C=N\N2C(=O)[C@@H]3[C@H]4C=C[C@@H]([C@@H]5C[C@H]45)[C@@H]3C2=O)cc1OC. The summed E-state index contributed by atoms with van der Waals surface area (Å²) in [4.78, 5) is 25.7. The zero-order valence-electron chi connectivity index (χ0n) is 14.7. The predicted molar refractivity (Wildman–Crippen MR) is 93.7 cm³/mol. The molecule has 3 fully saturated rings. The van der Waals surface area contributed by atoms with Crippen LogP contribution in [0, 0.1) is 35.5 Å². The quantitative estimate of drug-likeness (QED) is 0.473. The van der Waals surface area contributed by atoms with Crippen LogP contribution in [0.15, 0.2) is 35.5 Å². The highest BCUT2D eigenvalue weighted by atomic mass is 16.5. The molecule has 0 spiro atoms. The predicted octanol–water partition coefficient (Wildman–Crippen LogP) is 2.09. The molecule has 2 amide bonds. The first-order valence-corrected chi connectivity index (χ1v) is 8.96. The first-order valence-electron chi connectivity index (χ1n) is 8.96. The molecule has 134 valence electrons. The fourth-order valence-electron chi connectivity index (χ4n) is 5.11. The Morgan fingerprint density at radius 2 is 1.62 bits per heavy atom. The highest BCUT2D eigenvalue weighted by Gasteiger charge is 2.67. The van der Waals surface area contributed by atoms with Gasteiger partial charge in [-0.3, -0.25) is 9.59 Å². The fourth-order valence-corrected chi connectivity index (χ4v) is 5.11. The lowest BCUT2D eigenvalue weighted by Gasteiger charge is -2.37. The third-order valence-corrected chi connectivity index (χ3v) is 6.37. The largest absolute Gasteiger partial charge is 0.493 e. The smallest absolute Gasteiger partial charge is 0.254 e. The molecular weight excluding hydrogens is 332 g/mol. The summed E-state index contributed by atoms with van der Waals surface area (Å²) in [5.41, 5.74) is 0.738. The molecule has 26 heavy (non-hydrogen) atoms. The summed E-state index contributed by atoms with van der Waals surface area (Å²) in [6, 6.07) is 5.34. The molecule has 0 N–H and O–H groups in total. The molecule has 1 aromatic rings. The monoisotopic (exact) mass is 352 g/mol. The van der Waals surface area contributed by atoms with Crippen molar-refractivity contribution in [3.8, 4) is 11.5 Å². The van der Waals surface area contributed by atoms with Crippen molar-refractivity contribution in [1.82, 2.24) is 5.01 Å². The van der Waals surface area contributed by atoms with Crippen LogP contribution in [-0.2, 0) is 9.59 Å². The van der Waals surface area contributed by atoms with Crippen molar-refractivity contribution in [3.63, 3.8) is 0 Å². The molecule has 1 aromatic carbocycles. The van der Waals surface area contributed by atoms with Gasteiger partial charge in [-0.15, -0.1) is 0 Å². The number of ether oxygens (including phenoxy) is 2. The van der Waals surface area contributed by atoms with Crippen LogP contribution in [0.5, 0.6) is 11.5 Å². The molecule has 5 aliphatic rings. The van der Waals surface area contributed by atoms with E-state index in [0.29, 0.717) is 23.3 Å². The number of allylic oxidation sites excluding steroid dienone is 2. The van der Waals surface area contributed by atoms with E-state index in [-0.39, 0.29) is 35.5 Å². The summed E-state index contributed by atoms with van der Waals surface area (Å²) in [7, 11) is 3.13. The first-order chi connectivity index (χ1) is 12.6. The average molecular weight is 352 g/mol. The van der Waals surface area contributed by atoms with Gasteiger partial charge in [0, 0.05) is 0 Å². The second-order valence-electron chi connectivity index (χ2n) is 7.50. The van der Waals surface area contributed by atoms with E-state index in [9.17, 15) is 9.59 Å². The Labute approximate surface area is 151 Å². The van der Waals surface area contributed by atoms with Crippen LogP contribution in [0.4, 0.5) is 0 Å². The van der Waals surface area contributed by atoms with Gasteiger partial charge in [0.25, 0.3) is 11.8 Å². The lowest BCUT2D eigenvalue weighted by atomic mass is 9.63. The van der Waals surface area contributed by atoms with E-state index in [1.807, 2.05) is 6.07 Å².